The SMILES string of the molecule is O=C(O)CCCCCCCCCCCCCCCC(C(=O)OC(=O)C(CCCCCCCCCCCCCCCC(=O)O)c1ccccc1)c1ccccc1. The largest absolute Gasteiger partial charge is 0.481 e. The molecule has 0 aliphatic heterocycles. The standard InChI is InChI=1S/C48H74O7/c49-45(50)39-31-21-17-13-9-5-1-3-7-11-15-19-29-37-43(41-33-25-23-26-34-41)47(53)55-48(54)44(42-35-27-24-28-36-42)38-30-20-16-12-8-4-2-6-10-14-18-22-32-40-46(51)52/h23-28,33-36,43-44H,1-22,29-32,37-40H2,(H,49,50)(H,51,52). The van der Waals surface area contributed by atoms with E-state index in [1.807, 2.05) is 60.7 Å². The first-order valence-corrected chi connectivity index (χ1v) is 22.2. The Hall–Kier alpha value is -3.48. The number of ether oxygens (including phenoxy) is 1. The number of hydrogen-bond acceptors (Lipinski definition) is 5. The second-order valence-electron chi connectivity index (χ2n) is 15.7. The van der Waals surface area contributed by atoms with Crippen molar-refractivity contribution in [3.8, 4) is 0 Å². The molecule has 0 bridgehead atoms. The average Bonchev–Trinajstić information content (AvgIpc) is 3.18. The van der Waals surface area contributed by atoms with Gasteiger partial charge in [0.1, 0.15) is 0 Å². The maximum absolute atomic E-state index is 13.6. The van der Waals surface area contributed by atoms with Crippen LogP contribution in [0.25, 0.3) is 0 Å². The van der Waals surface area contributed by atoms with Crippen LogP contribution in [0, 0.1) is 0 Å². The molecule has 0 aliphatic rings. The van der Waals surface area contributed by atoms with Crippen molar-refractivity contribution < 1.29 is 34.1 Å². The molecule has 0 saturated heterocycles. The highest BCUT2D eigenvalue weighted by molar-refractivity contribution is 5.92. The predicted octanol–water partition coefficient (Wildman–Crippen LogP) is 13.5. The first-order valence-electron chi connectivity index (χ1n) is 22.2. The van der Waals surface area contributed by atoms with Crippen molar-refractivity contribution in [1.82, 2.24) is 0 Å². The number of hydrogen-bond donors (Lipinski definition) is 2. The highest BCUT2D eigenvalue weighted by Gasteiger charge is 2.29. The fraction of sp³-hybridized carbons (Fsp3) is 0.667. The lowest BCUT2D eigenvalue weighted by molar-refractivity contribution is -0.162. The number of carbonyl (C=O) groups excluding carboxylic acids is 2. The van der Waals surface area contributed by atoms with Gasteiger partial charge < -0.3 is 14.9 Å². The number of unbranched alkanes of at least 4 members (excludes halogenated alkanes) is 24. The minimum absolute atomic E-state index is 0.290. The molecule has 2 rings (SSSR count). The minimum atomic E-state index is -0.693. The van der Waals surface area contributed by atoms with Gasteiger partial charge in [0, 0.05) is 12.8 Å². The molecule has 0 saturated carbocycles. The lowest BCUT2D eigenvalue weighted by atomic mass is 9.91. The molecule has 2 aromatic rings. The number of esters is 2. The van der Waals surface area contributed by atoms with Gasteiger partial charge in [-0.1, -0.05) is 215 Å². The number of carboxylic acid groups (broad SMARTS) is 2. The molecule has 2 unspecified atom stereocenters. The van der Waals surface area contributed by atoms with Gasteiger partial charge in [0.05, 0.1) is 11.8 Å². The molecule has 0 radical (unpaired) electrons. The summed E-state index contributed by atoms with van der Waals surface area (Å²) in [6.07, 6.45) is 31.4. The molecule has 2 atom stereocenters. The van der Waals surface area contributed by atoms with Crippen LogP contribution < -0.4 is 0 Å². The summed E-state index contributed by atoms with van der Waals surface area (Å²) in [4.78, 5) is 48.4. The van der Waals surface area contributed by atoms with E-state index in [1.54, 1.807) is 0 Å². The monoisotopic (exact) mass is 763 g/mol. The van der Waals surface area contributed by atoms with Gasteiger partial charge >= 0.3 is 23.9 Å². The Balaban J connectivity index is 1.67. The molecule has 0 aliphatic carbocycles. The normalized spacial score (nSPS) is 12.3. The first kappa shape index (κ1) is 47.7. The van der Waals surface area contributed by atoms with Gasteiger partial charge in [-0.15, -0.1) is 0 Å². The topological polar surface area (TPSA) is 118 Å². The summed E-state index contributed by atoms with van der Waals surface area (Å²) in [5.41, 5.74) is 1.82. The van der Waals surface area contributed by atoms with Crippen LogP contribution in [0.4, 0.5) is 0 Å². The van der Waals surface area contributed by atoms with Gasteiger partial charge in [0.25, 0.3) is 0 Å². The van der Waals surface area contributed by atoms with Gasteiger partial charge in [-0.05, 0) is 36.8 Å². The third-order valence-electron chi connectivity index (χ3n) is 10.9. The van der Waals surface area contributed by atoms with Crippen molar-refractivity contribution >= 4 is 23.9 Å². The smallest absolute Gasteiger partial charge is 0.321 e. The van der Waals surface area contributed by atoms with Crippen molar-refractivity contribution in [1.29, 1.82) is 0 Å². The molecule has 7 nitrogen and oxygen atoms in total. The molecule has 0 fully saturated rings. The Kier molecular flexibility index (Phi) is 28.4. The Labute approximate surface area is 333 Å². The van der Waals surface area contributed by atoms with Crippen molar-refractivity contribution in [3.63, 3.8) is 0 Å². The predicted molar refractivity (Wildman–Crippen MR) is 223 cm³/mol. The van der Waals surface area contributed by atoms with Crippen LogP contribution in [0.3, 0.4) is 0 Å². The lowest BCUT2D eigenvalue weighted by Gasteiger charge is -2.19. The van der Waals surface area contributed by atoms with Gasteiger partial charge in [-0.2, -0.15) is 0 Å². The van der Waals surface area contributed by atoms with E-state index >= 15 is 0 Å². The van der Waals surface area contributed by atoms with E-state index < -0.39 is 35.7 Å². The highest BCUT2D eigenvalue weighted by Crippen LogP contribution is 2.29. The summed E-state index contributed by atoms with van der Waals surface area (Å²) in [6.45, 7) is 0. The summed E-state index contributed by atoms with van der Waals surface area (Å²) in [6, 6.07) is 19.5. The van der Waals surface area contributed by atoms with E-state index in [0.29, 0.717) is 25.7 Å². The van der Waals surface area contributed by atoms with Crippen molar-refractivity contribution in [2.24, 2.45) is 0 Å². The second kappa shape index (κ2) is 32.7. The molecule has 2 aromatic carbocycles. The van der Waals surface area contributed by atoms with Crippen LogP contribution in [0.1, 0.15) is 216 Å². The lowest BCUT2D eigenvalue weighted by Crippen LogP contribution is -2.24. The maximum Gasteiger partial charge on any atom is 0.321 e. The van der Waals surface area contributed by atoms with Crippen molar-refractivity contribution in [2.45, 2.75) is 204 Å². The number of rotatable bonds is 36. The first-order chi connectivity index (χ1) is 26.9. The van der Waals surface area contributed by atoms with E-state index in [9.17, 15) is 19.2 Å². The summed E-state index contributed by atoms with van der Waals surface area (Å²) in [5, 5.41) is 17.4. The van der Waals surface area contributed by atoms with E-state index in [2.05, 4.69) is 0 Å². The molecule has 0 amide bonds. The van der Waals surface area contributed by atoms with Gasteiger partial charge in [0.15, 0.2) is 0 Å². The van der Waals surface area contributed by atoms with Crippen LogP contribution in [-0.2, 0) is 23.9 Å². The molecule has 0 aromatic heterocycles. The van der Waals surface area contributed by atoms with Crippen LogP contribution in [-0.4, -0.2) is 34.1 Å². The van der Waals surface area contributed by atoms with E-state index in [1.165, 1.54) is 89.9 Å². The number of aliphatic carboxylic acids is 2. The Morgan fingerprint density at radius 2 is 0.600 bits per heavy atom. The minimum Gasteiger partial charge on any atom is -0.481 e. The second-order valence-corrected chi connectivity index (χ2v) is 15.7. The molecule has 0 heterocycles. The zero-order valence-electron chi connectivity index (χ0n) is 34.1. The molecule has 2 N–H and O–H groups in total. The molecule has 308 valence electrons. The summed E-state index contributed by atoms with van der Waals surface area (Å²) < 4.78 is 5.72. The van der Waals surface area contributed by atoms with Crippen LogP contribution in [0.2, 0.25) is 0 Å². The Morgan fingerprint density at radius 3 is 0.855 bits per heavy atom. The third-order valence-corrected chi connectivity index (χ3v) is 10.9. The maximum atomic E-state index is 13.6. The molecular weight excluding hydrogens is 689 g/mol. The van der Waals surface area contributed by atoms with E-state index in [4.69, 9.17) is 14.9 Å². The third kappa shape index (κ3) is 25.3. The highest BCUT2D eigenvalue weighted by atomic mass is 16.6. The Morgan fingerprint density at radius 1 is 0.364 bits per heavy atom. The summed E-state index contributed by atoms with van der Waals surface area (Å²) in [5.74, 6) is -3.15. The molecular formula is C48H74O7. The van der Waals surface area contributed by atoms with Crippen molar-refractivity contribution in [2.75, 3.05) is 0 Å². The average molecular weight is 763 g/mol. The fourth-order valence-electron chi connectivity index (χ4n) is 7.59. The molecule has 7 heteroatoms. The van der Waals surface area contributed by atoms with Crippen LogP contribution >= 0.6 is 0 Å². The van der Waals surface area contributed by atoms with Crippen molar-refractivity contribution in [3.05, 3.63) is 71.8 Å². The zero-order chi connectivity index (χ0) is 39.6. The number of benzene rings is 2. The van der Waals surface area contributed by atoms with Crippen LogP contribution in [0.15, 0.2) is 60.7 Å². The number of carbonyl (C=O) groups is 4. The Bertz CT molecular complexity index is 1160. The van der Waals surface area contributed by atoms with E-state index in [0.717, 1.165) is 88.2 Å². The fourth-order valence-corrected chi connectivity index (χ4v) is 7.59. The number of carboxylic acids is 2. The summed E-state index contributed by atoms with van der Waals surface area (Å²) in [7, 11) is 0. The van der Waals surface area contributed by atoms with Gasteiger partial charge in [-0.25, -0.2) is 0 Å². The zero-order valence-corrected chi connectivity index (χ0v) is 34.1. The molecule has 0 spiro atoms. The summed E-state index contributed by atoms with van der Waals surface area (Å²) >= 11 is 0. The quantitative estimate of drug-likeness (QED) is 0.0403. The van der Waals surface area contributed by atoms with Gasteiger partial charge in [0.2, 0.25) is 0 Å². The molecule has 55 heavy (non-hydrogen) atoms. The van der Waals surface area contributed by atoms with Crippen LogP contribution in [0.5, 0.6) is 0 Å². The van der Waals surface area contributed by atoms with Gasteiger partial charge in [-0.3, -0.25) is 19.2 Å². The van der Waals surface area contributed by atoms with E-state index in [-0.39, 0.29) is 0 Å².